The van der Waals surface area contributed by atoms with Gasteiger partial charge in [0.25, 0.3) is 5.91 Å². The number of nitrogens with one attached hydrogen (secondary N) is 1. The van der Waals surface area contributed by atoms with Gasteiger partial charge in [-0.1, -0.05) is 54.6 Å². The van der Waals surface area contributed by atoms with Gasteiger partial charge in [0.15, 0.2) is 0 Å². The Morgan fingerprint density at radius 2 is 1.57 bits per heavy atom. The van der Waals surface area contributed by atoms with E-state index in [1.165, 1.54) is 0 Å². The van der Waals surface area contributed by atoms with Crippen molar-refractivity contribution in [3.8, 4) is 11.5 Å². The van der Waals surface area contributed by atoms with Gasteiger partial charge in [0.05, 0.1) is 19.8 Å². The first-order chi connectivity index (χ1) is 14.6. The van der Waals surface area contributed by atoms with Crippen molar-refractivity contribution >= 4 is 17.6 Å². The third-order valence-electron chi connectivity index (χ3n) is 4.79. The molecule has 3 aromatic rings. The third-order valence-corrected chi connectivity index (χ3v) is 4.79. The molecule has 0 saturated heterocycles. The molecule has 1 amide bonds. The fourth-order valence-electron chi connectivity index (χ4n) is 3.14. The number of methoxy groups -OCH3 is 1. The SMILES string of the molecule is CCOc1ccc(C(C)NC(=O)/C(=C/c2ccc(OC)cc2)c2ccccc2)cc1. The van der Waals surface area contributed by atoms with Gasteiger partial charge in [0, 0.05) is 5.57 Å². The summed E-state index contributed by atoms with van der Waals surface area (Å²) in [5.74, 6) is 1.48. The molecule has 0 radical (unpaired) electrons. The lowest BCUT2D eigenvalue weighted by Crippen LogP contribution is -2.27. The molecule has 0 saturated carbocycles. The molecule has 0 aliphatic carbocycles. The predicted octanol–water partition coefficient (Wildman–Crippen LogP) is 5.51. The number of amides is 1. The quantitative estimate of drug-likeness (QED) is 0.400. The van der Waals surface area contributed by atoms with Crippen LogP contribution in [0.3, 0.4) is 0 Å². The first-order valence-electron chi connectivity index (χ1n) is 10.1. The molecule has 154 valence electrons. The first kappa shape index (κ1) is 21.2. The average Bonchev–Trinajstić information content (AvgIpc) is 2.79. The lowest BCUT2D eigenvalue weighted by Gasteiger charge is -2.17. The van der Waals surface area contributed by atoms with E-state index in [1.54, 1.807) is 7.11 Å². The fourth-order valence-corrected chi connectivity index (χ4v) is 3.14. The van der Waals surface area contributed by atoms with Crippen LogP contribution in [-0.4, -0.2) is 19.6 Å². The summed E-state index contributed by atoms with van der Waals surface area (Å²) in [4.78, 5) is 13.2. The van der Waals surface area contributed by atoms with Gasteiger partial charge < -0.3 is 14.8 Å². The zero-order valence-corrected chi connectivity index (χ0v) is 17.6. The van der Waals surface area contributed by atoms with Gasteiger partial charge in [0.2, 0.25) is 0 Å². The molecular formula is C26H27NO3. The third kappa shape index (κ3) is 5.51. The van der Waals surface area contributed by atoms with Gasteiger partial charge in [-0.15, -0.1) is 0 Å². The maximum Gasteiger partial charge on any atom is 0.252 e. The standard InChI is InChI=1S/C26H27NO3/c1-4-30-24-16-12-21(13-17-24)19(2)27-26(28)25(22-8-6-5-7-9-22)18-20-10-14-23(29-3)15-11-20/h5-19H,4H2,1-3H3,(H,27,28)/b25-18+. The molecule has 1 N–H and O–H groups in total. The summed E-state index contributed by atoms with van der Waals surface area (Å²) in [6.07, 6.45) is 1.90. The largest absolute Gasteiger partial charge is 0.497 e. The van der Waals surface area contributed by atoms with Crippen LogP contribution in [0.1, 0.15) is 36.6 Å². The van der Waals surface area contributed by atoms with Gasteiger partial charge >= 0.3 is 0 Å². The van der Waals surface area contributed by atoms with E-state index in [0.29, 0.717) is 12.2 Å². The number of carbonyl (C=O) groups excluding carboxylic acids is 1. The van der Waals surface area contributed by atoms with Crippen LogP contribution in [0.2, 0.25) is 0 Å². The minimum Gasteiger partial charge on any atom is -0.497 e. The van der Waals surface area contributed by atoms with E-state index in [-0.39, 0.29) is 11.9 Å². The molecule has 0 spiro atoms. The maximum absolute atomic E-state index is 13.2. The van der Waals surface area contributed by atoms with Crippen LogP contribution in [0.4, 0.5) is 0 Å². The number of hydrogen-bond acceptors (Lipinski definition) is 3. The van der Waals surface area contributed by atoms with Crippen LogP contribution in [0.15, 0.2) is 78.9 Å². The molecule has 4 nitrogen and oxygen atoms in total. The number of ether oxygens (including phenoxy) is 2. The number of carbonyl (C=O) groups is 1. The van der Waals surface area contributed by atoms with E-state index in [4.69, 9.17) is 9.47 Å². The van der Waals surface area contributed by atoms with Crippen molar-refractivity contribution < 1.29 is 14.3 Å². The molecule has 0 bridgehead atoms. The van der Waals surface area contributed by atoms with Crippen molar-refractivity contribution in [1.82, 2.24) is 5.32 Å². The van der Waals surface area contributed by atoms with Crippen molar-refractivity contribution in [1.29, 1.82) is 0 Å². The maximum atomic E-state index is 13.2. The molecule has 0 aliphatic heterocycles. The van der Waals surface area contributed by atoms with Gasteiger partial charge in [-0.25, -0.2) is 0 Å². The van der Waals surface area contributed by atoms with Crippen molar-refractivity contribution in [2.24, 2.45) is 0 Å². The smallest absolute Gasteiger partial charge is 0.252 e. The van der Waals surface area contributed by atoms with E-state index < -0.39 is 0 Å². The molecule has 4 heteroatoms. The Labute approximate surface area is 178 Å². The van der Waals surface area contributed by atoms with Crippen molar-refractivity contribution in [2.75, 3.05) is 13.7 Å². The van der Waals surface area contributed by atoms with Crippen LogP contribution in [0.25, 0.3) is 11.6 Å². The van der Waals surface area contributed by atoms with Crippen molar-refractivity contribution in [2.45, 2.75) is 19.9 Å². The first-order valence-corrected chi connectivity index (χ1v) is 10.1. The lowest BCUT2D eigenvalue weighted by molar-refractivity contribution is -0.116. The van der Waals surface area contributed by atoms with Gasteiger partial charge in [0.1, 0.15) is 11.5 Å². The number of hydrogen-bond donors (Lipinski definition) is 1. The Hall–Kier alpha value is -3.53. The summed E-state index contributed by atoms with van der Waals surface area (Å²) in [6.45, 7) is 4.56. The summed E-state index contributed by atoms with van der Waals surface area (Å²) in [7, 11) is 1.63. The van der Waals surface area contributed by atoms with E-state index >= 15 is 0 Å². The molecule has 0 fully saturated rings. The molecular weight excluding hydrogens is 374 g/mol. The van der Waals surface area contributed by atoms with Crippen LogP contribution in [0, 0.1) is 0 Å². The molecule has 0 aromatic heterocycles. The summed E-state index contributed by atoms with van der Waals surface area (Å²) in [5, 5.41) is 3.12. The average molecular weight is 402 g/mol. The molecule has 1 unspecified atom stereocenters. The van der Waals surface area contributed by atoms with Crippen molar-refractivity contribution in [3.05, 3.63) is 95.6 Å². The van der Waals surface area contributed by atoms with Gasteiger partial charge in [-0.2, -0.15) is 0 Å². The molecule has 30 heavy (non-hydrogen) atoms. The van der Waals surface area contributed by atoms with E-state index in [0.717, 1.165) is 28.2 Å². The second kappa shape index (κ2) is 10.3. The van der Waals surface area contributed by atoms with Crippen LogP contribution >= 0.6 is 0 Å². The second-order valence-electron chi connectivity index (χ2n) is 6.89. The Kier molecular flexibility index (Phi) is 7.28. The number of benzene rings is 3. The molecule has 1 atom stereocenters. The molecule has 0 heterocycles. The minimum atomic E-state index is -0.142. The van der Waals surface area contributed by atoms with Crippen LogP contribution < -0.4 is 14.8 Å². The molecule has 3 aromatic carbocycles. The topological polar surface area (TPSA) is 47.6 Å². The van der Waals surface area contributed by atoms with Crippen molar-refractivity contribution in [3.63, 3.8) is 0 Å². The zero-order valence-electron chi connectivity index (χ0n) is 17.6. The number of rotatable bonds is 8. The summed E-state index contributed by atoms with van der Waals surface area (Å²) < 4.78 is 10.7. The molecule has 3 rings (SSSR count). The van der Waals surface area contributed by atoms with Crippen LogP contribution in [0.5, 0.6) is 11.5 Å². The monoisotopic (exact) mass is 401 g/mol. The Bertz CT molecular complexity index is 977. The molecule has 0 aliphatic rings. The summed E-state index contributed by atoms with van der Waals surface area (Å²) in [5.41, 5.74) is 3.42. The fraction of sp³-hybridized carbons (Fsp3) is 0.192. The normalized spacial score (nSPS) is 12.2. The lowest BCUT2D eigenvalue weighted by atomic mass is 10.0. The zero-order chi connectivity index (χ0) is 21.3. The Morgan fingerprint density at radius 1 is 0.933 bits per heavy atom. The van der Waals surface area contributed by atoms with Crippen LogP contribution in [-0.2, 0) is 4.79 Å². The highest BCUT2D eigenvalue weighted by atomic mass is 16.5. The highest BCUT2D eigenvalue weighted by Crippen LogP contribution is 2.23. The highest BCUT2D eigenvalue weighted by Gasteiger charge is 2.16. The minimum absolute atomic E-state index is 0.126. The Balaban J connectivity index is 1.83. The predicted molar refractivity (Wildman–Crippen MR) is 121 cm³/mol. The van der Waals surface area contributed by atoms with E-state index in [1.807, 2.05) is 98.8 Å². The van der Waals surface area contributed by atoms with Gasteiger partial charge in [-0.05, 0) is 60.9 Å². The summed E-state index contributed by atoms with van der Waals surface area (Å²) in [6, 6.07) is 25.0. The Morgan fingerprint density at radius 3 is 2.17 bits per heavy atom. The van der Waals surface area contributed by atoms with Gasteiger partial charge in [-0.3, -0.25) is 4.79 Å². The second-order valence-corrected chi connectivity index (χ2v) is 6.89. The summed E-state index contributed by atoms with van der Waals surface area (Å²) >= 11 is 0. The van der Waals surface area contributed by atoms with E-state index in [9.17, 15) is 4.79 Å². The highest BCUT2D eigenvalue weighted by molar-refractivity contribution is 6.24. The van der Waals surface area contributed by atoms with E-state index in [2.05, 4.69) is 5.32 Å².